The van der Waals surface area contributed by atoms with E-state index in [2.05, 4.69) is 17.0 Å². The summed E-state index contributed by atoms with van der Waals surface area (Å²) in [5.74, 6) is -0.155. The normalized spacial score (nSPS) is 10.9. The molecule has 17 heavy (non-hydrogen) atoms. The van der Waals surface area contributed by atoms with Crippen molar-refractivity contribution in [1.82, 2.24) is 4.90 Å². The van der Waals surface area contributed by atoms with Crippen LogP contribution in [0, 0.1) is 0 Å². The Balaban J connectivity index is 2.46. The van der Waals surface area contributed by atoms with Gasteiger partial charge in [0.1, 0.15) is 0 Å². The average Bonchev–Trinajstić information content (AvgIpc) is 2.28. The van der Waals surface area contributed by atoms with Crippen LogP contribution >= 0.6 is 0 Å². The van der Waals surface area contributed by atoms with Gasteiger partial charge in [-0.1, -0.05) is 37.3 Å². The highest BCUT2D eigenvalue weighted by Crippen LogP contribution is 2.04. The molecule has 3 heteroatoms. The van der Waals surface area contributed by atoms with E-state index in [-0.39, 0.29) is 12.1 Å². The molecule has 0 unspecified atom stereocenters. The number of hydrogen-bond donors (Lipinski definition) is 0. The molecule has 0 fully saturated rings. The van der Waals surface area contributed by atoms with Crippen molar-refractivity contribution in [2.45, 2.75) is 33.4 Å². The largest absolute Gasteiger partial charge is 0.462 e. The van der Waals surface area contributed by atoms with E-state index < -0.39 is 0 Å². The van der Waals surface area contributed by atoms with Gasteiger partial charge in [-0.2, -0.15) is 0 Å². The molecule has 0 atom stereocenters. The molecule has 1 aromatic carbocycles. The first-order valence-corrected chi connectivity index (χ1v) is 6.07. The molecule has 0 heterocycles. The second-order valence-corrected chi connectivity index (χ2v) is 4.33. The van der Waals surface area contributed by atoms with Gasteiger partial charge in [0.2, 0.25) is 0 Å². The minimum atomic E-state index is -0.155. The summed E-state index contributed by atoms with van der Waals surface area (Å²) >= 11 is 0. The van der Waals surface area contributed by atoms with Gasteiger partial charge in [-0.05, 0) is 26.0 Å². The first-order chi connectivity index (χ1) is 8.11. The van der Waals surface area contributed by atoms with E-state index in [0.29, 0.717) is 6.54 Å². The molecule has 0 aliphatic rings. The zero-order valence-corrected chi connectivity index (χ0v) is 10.8. The van der Waals surface area contributed by atoms with Crippen LogP contribution < -0.4 is 0 Å². The van der Waals surface area contributed by atoms with E-state index in [1.165, 1.54) is 5.56 Å². The van der Waals surface area contributed by atoms with Crippen molar-refractivity contribution in [3.05, 3.63) is 35.9 Å². The fourth-order valence-electron chi connectivity index (χ4n) is 1.60. The lowest BCUT2D eigenvalue weighted by atomic mass is 10.2. The lowest BCUT2D eigenvalue weighted by Crippen LogP contribution is -2.31. The first-order valence-electron chi connectivity index (χ1n) is 6.07. The maximum Gasteiger partial charge on any atom is 0.320 e. The summed E-state index contributed by atoms with van der Waals surface area (Å²) in [6, 6.07) is 10.1. The summed E-state index contributed by atoms with van der Waals surface area (Å²) in [4.78, 5) is 13.6. The predicted molar refractivity (Wildman–Crippen MR) is 68.6 cm³/mol. The minimum absolute atomic E-state index is 0.0436. The number of benzene rings is 1. The molecule has 3 nitrogen and oxygen atoms in total. The van der Waals surface area contributed by atoms with Gasteiger partial charge in [0.05, 0.1) is 12.6 Å². The highest BCUT2D eigenvalue weighted by Gasteiger charge is 2.11. The molecule has 1 rings (SSSR count). The van der Waals surface area contributed by atoms with Gasteiger partial charge in [-0.15, -0.1) is 0 Å². The van der Waals surface area contributed by atoms with E-state index in [1.54, 1.807) is 0 Å². The highest BCUT2D eigenvalue weighted by molar-refractivity contribution is 5.71. The fourth-order valence-corrected chi connectivity index (χ4v) is 1.60. The number of ether oxygens (including phenoxy) is 1. The van der Waals surface area contributed by atoms with Crippen LogP contribution in [0.4, 0.5) is 0 Å². The Labute approximate surface area is 103 Å². The summed E-state index contributed by atoms with van der Waals surface area (Å²) in [6.45, 7) is 7.75. The molecule has 0 saturated carbocycles. The lowest BCUT2D eigenvalue weighted by Gasteiger charge is -2.20. The van der Waals surface area contributed by atoms with Crippen LogP contribution in [0.1, 0.15) is 26.3 Å². The van der Waals surface area contributed by atoms with Gasteiger partial charge in [0.25, 0.3) is 0 Å². The van der Waals surface area contributed by atoms with E-state index in [9.17, 15) is 4.79 Å². The van der Waals surface area contributed by atoms with Crippen molar-refractivity contribution < 1.29 is 9.53 Å². The zero-order chi connectivity index (χ0) is 12.7. The van der Waals surface area contributed by atoms with Gasteiger partial charge < -0.3 is 4.74 Å². The van der Waals surface area contributed by atoms with E-state index >= 15 is 0 Å². The predicted octanol–water partition coefficient (Wildman–Crippen LogP) is 2.46. The van der Waals surface area contributed by atoms with E-state index in [0.717, 1.165) is 13.1 Å². The number of nitrogens with zero attached hydrogens (tertiary/aromatic N) is 1. The third-order valence-corrected chi connectivity index (χ3v) is 2.42. The molecule has 0 aromatic heterocycles. The summed E-state index contributed by atoms with van der Waals surface area (Å²) in [5.41, 5.74) is 1.21. The Morgan fingerprint density at radius 2 is 1.94 bits per heavy atom. The second kappa shape index (κ2) is 7.07. The standard InChI is InChI=1S/C14H21NO2/c1-4-15(11-14(16)17-12(2)3)10-13-8-6-5-7-9-13/h5-9,12H,4,10-11H2,1-3H3. The van der Waals surface area contributed by atoms with E-state index in [1.807, 2.05) is 39.0 Å². The van der Waals surface area contributed by atoms with Crippen LogP contribution in [0.25, 0.3) is 0 Å². The van der Waals surface area contributed by atoms with Gasteiger partial charge >= 0.3 is 5.97 Å². The molecule has 94 valence electrons. The minimum Gasteiger partial charge on any atom is -0.462 e. The molecule has 0 saturated heterocycles. The van der Waals surface area contributed by atoms with Crippen molar-refractivity contribution >= 4 is 5.97 Å². The number of carbonyl (C=O) groups excluding carboxylic acids is 1. The molecule has 0 radical (unpaired) electrons. The summed E-state index contributed by atoms with van der Waals surface area (Å²) in [5, 5.41) is 0. The highest BCUT2D eigenvalue weighted by atomic mass is 16.5. The zero-order valence-electron chi connectivity index (χ0n) is 10.8. The summed E-state index contributed by atoms with van der Waals surface area (Å²) < 4.78 is 5.14. The first kappa shape index (κ1) is 13.7. The summed E-state index contributed by atoms with van der Waals surface area (Å²) in [7, 11) is 0. The molecule has 1 aromatic rings. The topological polar surface area (TPSA) is 29.5 Å². The third kappa shape index (κ3) is 5.50. The van der Waals surface area contributed by atoms with Gasteiger partial charge in [0.15, 0.2) is 0 Å². The molecule has 0 aliphatic carbocycles. The van der Waals surface area contributed by atoms with Crippen molar-refractivity contribution in [2.75, 3.05) is 13.1 Å². The smallest absolute Gasteiger partial charge is 0.320 e. The van der Waals surface area contributed by atoms with Crippen LogP contribution in [0.15, 0.2) is 30.3 Å². The van der Waals surface area contributed by atoms with Crippen LogP contribution in [-0.2, 0) is 16.1 Å². The number of esters is 1. The SMILES string of the molecule is CCN(CC(=O)OC(C)C)Cc1ccccc1. The quantitative estimate of drug-likeness (QED) is 0.709. The van der Waals surface area contributed by atoms with Crippen LogP contribution in [0.5, 0.6) is 0 Å². The Morgan fingerprint density at radius 1 is 1.29 bits per heavy atom. The Bertz CT molecular complexity index is 335. The third-order valence-electron chi connectivity index (χ3n) is 2.42. The molecule has 0 spiro atoms. The maximum atomic E-state index is 11.5. The lowest BCUT2D eigenvalue weighted by molar-refractivity contribution is -0.148. The van der Waals surface area contributed by atoms with E-state index in [4.69, 9.17) is 4.74 Å². The number of likely N-dealkylation sites (N-methyl/N-ethyl adjacent to an activating group) is 1. The van der Waals surface area contributed by atoms with Crippen molar-refractivity contribution in [3.8, 4) is 0 Å². The molecule has 0 aliphatic heterocycles. The molecular weight excluding hydrogens is 214 g/mol. The average molecular weight is 235 g/mol. The fraction of sp³-hybridized carbons (Fsp3) is 0.500. The Hall–Kier alpha value is -1.35. The number of carbonyl (C=O) groups is 1. The van der Waals surface area contributed by atoms with Gasteiger partial charge in [-0.25, -0.2) is 0 Å². The monoisotopic (exact) mass is 235 g/mol. The Morgan fingerprint density at radius 3 is 2.47 bits per heavy atom. The molecule has 0 amide bonds. The molecule has 0 N–H and O–H groups in total. The second-order valence-electron chi connectivity index (χ2n) is 4.33. The number of hydrogen-bond acceptors (Lipinski definition) is 3. The van der Waals surface area contributed by atoms with Gasteiger partial charge in [-0.3, -0.25) is 9.69 Å². The Kier molecular flexibility index (Phi) is 5.70. The van der Waals surface area contributed by atoms with Crippen LogP contribution in [0.3, 0.4) is 0 Å². The van der Waals surface area contributed by atoms with Crippen LogP contribution in [-0.4, -0.2) is 30.1 Å². The number of rotatable bonds is 6. The molecule has 0 bridgehead atoms. The van der Waals surface area contributed by atoms with Crippen molar-refractivity contribution in [2.24, 2.45) is 0 Å². The van der Waals surface area contributed by atoms with Crippen molar-refractivity contribution in [1.29, 1.82) is 0 Å². The molecular formula is C14H21NO2. The van der Waals surface area contributed by atoms with Crippen LogP contribution in [0.2, 0.25) is 0 Å². The van der Waals surface area contributed by atoms with Crippen molar-refractivity contribution in [3.63, 3.8) is 0 Å². The maximum absolute atomic E-state index is 11.5. The van der Waals surface area contributed by atoms with Gasteiger partial charge in [0, 0.05) is 6.54 Å². The summed E-state index contributed by atoms with van der Waals surface area (Å²) in [6.07, 6.45) is -0.0436.